The van der Waals surface area contributed by atoms with Crippen molar-refractivity contribution in [2.24, 2.45) is 0 Å². The standard InChI is InChI=1S/C18H18N4O/c1-14-7-9-15(10-8-14)21-18(23)13-19-16-5-2-3-6-17(16)22-12-4-11-20-22/h2-12,19H,13H2,1H3,(H,21,23). The topological polar surface area (TPSA) is 59.0 Å². The highest BCUT2D eigenvalue weighted by atomic mass is 16.1. The van der Waals surface area contributed by atoms with E-state index in [9.17, 15) is 4.79 Å². The van der Waals surface area contributed by atoms with Crippen LogP contribution in [0.25, 0.3) is 5.69 Å². The Morgan fingerprint density at radius 2 is 1.87 bits per heavy atom. The summed E-state index contributed by atoms with van der Waals surface area (Å²) in [5, 5.41) is 10.3. The van der Waals surface area contributed by atoms with Crippen LogP contribution in [0.5, 0.6) is 0 Å². The highest BCUT2D eigenvalue weighted by Gasteiger charge is 2.06. The molecule has 1 amide bonds. The van der Waals surface area contributed by atoms with Gasteiger partial charge in [0.15, 0.2) is 0 Å². The van der Waals surface area contributed by atoms with Gasteiger partial charge in [-0.25, -0.2) is 4.68 Å². The molecule has 5 nitrogen and oxygen atoms in total. The van der Waals surface area contributed by atoms with Crippen molar-refractivity contribution in [3.8, 4) is 5.69 Å². The molecule has 0 saturated carbocycles. The summed E-state index contributed by atoms with van der Waals surface area (Å²) in [5.74, 6) is -0.0934. The van der Waals surface area contributed by atoms with E-state index in [2.05, 4.69) is 15.7 Å². The number of aryl methyl sites for hydroxylation is 1. The zero-order valence-electron chi connectivity index (χ0n) is 12.9. The van der Waals surface area contributed by atoms with Crippen LogP contribution in [-0.2, 0) is 4.79 Å². The molecule has 3 rings (SSSR count). The summed E-state index contributed by atoms with van der Waals surface area (Å²) in [6.45, 7) is 2.20. The second-order valence-electron chi connectivity index (χ2n) is 5.24. The number of aromatic nitrogens is 2. The number of hydrogen-bond acceptors (Lipinski definition) is 3. The second-order valence-corrected chi connectivity index (χ2v) is 5.24. The summed E-state index contributed by atoms with van der Waals surface area (Å²) < 4.78 is 1.76. The second kappa shape index (κ2) is 6.79. The molecule has 1 aromatic heterocycles. The molecule has 0 saturated heterocycles. The highest BCUT2D eigenvalue weighted by molar-refractivity contribution is 5.94. The highest BCUT2D eigenvalue weighted by Crippen LogP contribution is 2.18. The van der Waals surface area contributed by atoms with Crippen molar-refractivity contribution in [1.82, 2.24) is 9.78 Å². The number of carbonyl (C=O) groups excluding carboxylic acids is 1. The SMILES string of the molecule is Cc1ccc(NC(=O)CNc2ccccc2-n2cccn2)cc1. The van der Waals surface area contributed by atoms with Gasteiger partial charge in [0, 0.05) is 18.1 Å². The Morgan fingerprint density at radius 3 is 2.61 bits per heavy atom. The molecule has 0 radical (unpaired) electrons. The quantitative estimate of drug-likeness (QED) is 0.761. The molecule has 0 bridgehead atoms. The number of rotatable bonds is 5. The normalized spacial score (nSPS) is 10.3. The first-order chi connectivity index (χ1) is 11.2. The Kier molecular flexibility index (Phi) is 4.38. The van der Waals surface area contributed by atoms with E-state index < -0.39 is 0 Å². The van der Waals surface area contributed by atoms with Gasteiger partial charge in [-0.15, -0.1) is 0 Å². The molecule has 0 atom stereocenters. The van der Waals surface area contributed by atoms with E-state index >= 15 is 0 Å². The van der Waals surface area contributed by atoms with E-state index in [1.165, 1.54) is 0 Å². The first kappa shape index (κ1) is 14.8. The Bertz CT molecular complexity index is 779. The van der Waals surface area contributed by atoms with Crippen LogP contribution in [0.3, 0.4) is 0 Å². The van der Waals surface area contributed by atoms with Crippen molar-refractivity contribution in [2.45, 2.75) is 6.92 Å². The maximum absolute atomic E-state index is 12.1. The maximum Gasteiger partial charge on any atom is 0.243 e. The summed E-state index contributed by atoms with van der Waals surface area (Å²) in [4.78, 5) is 12.1. The van der Waals surface area contributed by atoms with Gasteiger partial charge in [0.25, 0.3) is 0 Å². The fraction of sp³-hybridized carbons (Fsp3) is 0.111. The van der Waals surface area contributed by atoms with Crippen LogP contribution in [0.2, 0.25) is 0 Å². The minimum atomic E-state index is -0.0934. The summed E-state index contributed by atoms with van der Waals surface area (Å²) in [7, 11) is 0. The van der Waals surface area contributed by atoms with Crippen molar-refractivity contribution < 1.29 is 4.79 Å². The Labute approximate surface area is 135 Å². The number of nitrogens with zero attached hydrogens (tertiary/aromatic N) is 2. The Hall–Kier alpha value is -3.08. The number of anilines is 2. The molecule has 0 unspecified atom stereocenters. The van der Waals surface area contributed by atoms with Crippen LogP contribution in [0.4, 0.5) is 11.4 Å². The van der Waals surface area contributed by atoms with Crippen LogP contribution in [0.1, 0.15) is 5.56 Å². The van der Waals surface area contributed by atoms with E-state index in [4.69, 9.17) is 0 Å². The molecule has 116 valence electrons. The monoisotopic (exact) mass is 306 g/mol. The third kappa shape index (κ3) is 3.77. The number of benzene rings is 2. The average molecular weight is 306 g/mol. The van der Waals surface area contributed by atoms with Gasteiger partial charge in [0.1, 0.15) is 0 Å². The van der Waals surface area contributed by atoms with Crippen molar-refractivity contribution in [3.63, 3.8) is 0 Å². The first-order valence-electron chi connectivity index (χ1n) is 7.42. The minimum absolute atomic E-state index is 0.0934. The van der Waals surface area contributed by atoms with Crippen LogP contribution in [0, 0.1) is 6.92 Å². The fourth-order valence-corrected chi connectivity index (χ4v) is 2.25. The summed E-state index contributed by atoms with van der Waals surface area (Å²) in [6.07, 6.45) is 3.59. The molecule has 0 spiro atoms. The predicted octanol–water partition coefficient (Wildman–Crippen LogP) is 3.23. The molecule has 3 aromatic rings. The third-order valence-electron chi connectivity index (χ3n) is 3.43. The van der Waals surface area contributed by atoms with Crippen LogP contribution in [0.15, 0.2) is 67.0 Å². The van der Waals surface area contributed by atoms with Crippen LogP contribution in [-0.4, -0.2) is 22.2 Å². The smallest absolute Gasteiger partial charge is 0.243 e. The summed E-state index contributed by atoms with van der Waals surface area (Å²) in [5.41, 5.74) is 3.72. The van der Waals surface area contributed by atoms with E-state index in [1.807, 2.05) is 67.7 Å². The van der Waals surface area contributed by atoms with E-state index in [1.54, 1.807) is 10.9 Å². The van der Waals surface area contributed by atoms with Gasteiger partial charge in [-0.2, -0.15) is 5.10 Å². The van der Waals surface area contributed by atoms with Crippen molar-refractivity contribution in [1.29, 1.82) is 0 Å². The van der Waals surface area contributed by atoms with Crippen molar-refractivity contribution in [3.05, 3.63) is 72.6 Å². The molecular weight excluding hydrogens is 288 g/mol. The van der Waals surface area contributed by atoms with Crippen molar-refractivity contribution >= 4 is 17.3 Å². The number of amides is 1. The molecule has 0 aliphatic heterocycles. The number of para-hydroxylation sites is 2. The summed E-state index contributed by atoms with van der Waals surface area (Å²) >= 11 is 0. The van der Waals surface area contributed by atoms with Crippen LogP contribution < -0.4 is 10.6 Å². The molecule has 0 aliphatic carbocycles. The molecule has 0 fully saturated rings. The fourth-order valence-electron chi connectivity index (χ4n) is 2.25. The molecule has 2 N–H and O–H groups in total. The average Bonchev–Trinajstić information content (AvgIpc) is 3.10. The van der Waals surface area contributed by atoms with Gasteiger partial charge < -0.3 is 10.6 Å². The van der Waals surface area contributed by atoms with Gasteiger partial charge in [-0.3, -0.25) is 4.79 Å². The predicted molar refractivity (Wildman–Crippen MR) is 91.9 cm³/mol. The van der Waals surface area contributed by atoms with E-state index in [0.717, 1.165) is 22.6 Å². The Balaban J connectivity index is 1.64. The lowest BCUT2D eigenvalue weighted by molar-refractivity contribution is -0.114. The first-order valence-corrected chi connectivity index (χ1v) is 7.42. The van der Waals surface area contributed by atoms with Gasteiger partial charge in [0.05, 0.1) is 17.9 Å². The van der Waals surface area contributed by atoms with Gasteiger partial charge in [0.2, 0.25) is 5.91 Å². The van der Waals surface area contributed by atoms with E-state index in [-0.39, 0.29) is 12.5 Å². The molecule has 5 heteroatoms. The largest absolute Gasteiger partial charge is 0.374 e. The summed E-state index contributed by atoms with van der Waals surface area (Å²) in [6, 6.07) is 17.3. The number of nitrogens with one attached hydrogen (secondary N) is 2. The zero-order valence-corrected chi connectivity index (χ0v) is 12.9. The number of carbonyl (C=O) groups is 1. The van der Waals surface area contributed by atoms with Gasteiger partial charge in [-0.05, 0) is 37.3 Å². The third-order valence-corrected chi connectivity index (χ3v) is 3.43. The number of hydrogen-bond donors (Lipinski definition) is 2. The lowest BCUT2D eigenvalue weighted by Gasteiger charge is -2.12. The molecular formula is C18H18N4O. The van der Waals surface area contributed by atoms with Crippen LogP contribution >= 0.6 is 0 Å². The van der Waals surface area contributed by atoms with Gasteiger partial charge >= 0.3 is 0 Å². The van der Waals surface area contributed by atoms with Crippen molar-refractivity contribution in [2.75, 3.05) is 17.2 Å². The lowest BCUT2D eigenvalue weighted by atomic mass is 10.2. The molecule has 23 heavy (non-hydrogen) atoms. The van der Waals surface area contributed by atoms with Gasteiger partial charge in [-0.1, -0.05) is 29.8 Å². The molecule has 2 aromatic carbocycles. The minimum Gasteiger partial charge on any atom is -0.374 e. The maximum atomic E-state index is 12.1. The molecule has 1 heterocycles. The lowest BCUT2D eigenvalue weighted by Crippen LogP contribution is -2.22. The molecule has 0 aliphatic rings. The Morgan fingerprint density at radius 1 is 1.09 bits per heavy atom. The zero-order chi connectivity index (χ0) is 16.1. The van der Waals surface area contributed by atoms with E-state index in [0.29, 0.717) is 0 Å².